The highest BCUT2D eigenvalue weighted by molar-refractivity contribution is 9.10. The first-order chi connectivity index (χ1) is 9.93. The lowest BCUT2D eigenvalue weighted by Crippen LogP contribution is -2.13. The van der Waals surface area contributed by atoms with Crippen LogP contribution in [0.15, 0.2) is 39.7 Å². The van der Waals surface area contributed by atoms with Crippen LogP contribution in [-0.4, -0.2) is 11.2 Å². The van der Waals surface area contributed by atoms with Gasteiger partial charge in [-0.05, 0) is 55.5 Å². The van der Waals surface area contributed by atoms with Crippen molar-refractivity contribution in [3.05, 3.63) is 51.5 Å². The zero-order chi connectivity index (χ0) is 15.6. The number of anilines is 2. The predicted molar refractivity (Wildman–Crippen MR) is 101 cm³/mol. The maximum Gasteiger partial charge on any atom is 0.107 e. The molecular formula is C16H17BrN2S2. The minimum atomic E-state index is 0.412. The Morgan fingerprint density at radius 2 is 1.86 bits per heavy atom. The Morgan fingerprint density at radius 3 is 2.38 bits per heavy atom. The molecule has 0 unspecified atom stereocenters. The van der Waals surface area contributed by atoms with E-state index in [0.717, 1.165) is 26.3 Å². The maximum atomic E-state index is 5.92. The molecule has 0 saturated heterocycles. The molecule has 2 nitrogen and oxygen atoms in total. The lowest BCUT2D eigenvalue weighted by Gasteiger charge is -2.17. The molecule has 0 aliphatic rings. The van der Waals surface area contributed by atoms with Crippen molar-refractivity contribution in [3.8, 4) is 0 Å². The van der Waals surface area contributed by atoms with Gasteiger partial charge in [0.2, 0.25) is 0 Å². The van der Waals surface area contributed by atoms with E-state index < -0.39 is 0 Å². The van der Waals surface area contributed by atoms with Crippen LogP contribution in [0.3, 0.4) is 0 Å². The summed E-state index contributed by atoms with van der Waals surface area (Å²) in [5.41, 5.74) is 11.2. The standard InChI is InChI=1S/C16H17BrN2S2/c1-9-7-11(17)8-10(2)15(9)19-12-5-4-6-13(21-3)14(12)16(18)20/h4-8,19H,1-3H3,(H2,18,20). The molecule has 21 heavy (non-hydrogen) atoms. The Labute approximate surface area is 143 Å². The van der Waals surface area contributed by atoms with Crippen molar-refractivity contribution in [2.24, 2.45) is 5.73 Å². The van der Waals surface area contributed by atoms with E-state index in [2.05, 4.69) is 47.2 Å². The second-order valence-electron chi connectivity index (χ2n) is 4.79. The van der Waals surface area contributed by atoms with Crippen LogP contribution in [-0.2, 0) is 0 Å². The number of thioether (sulfide) groups is 1. The fraction of sp³-hybridized carbons (Fsp3) is 0.188. The predicted octanol–water partition coefficient (Wildman–Crippen LogP) is 5.17. The summed E-state index contributed by atoms with van der Waals surface area (Å²) in [6, 6.07) is 10.2. The number of aryl methyl sites for hydroxylation is 2. The van der Waals surface area contributed by atoms with Gasteiger partial charge in [0.05, 0.1) is 0 Å². The summed E-state index contributed by atoms with van der Waals surface area (Å²) in [5, 5.41) is 3.49. The summed E-state index contributed by atoms with van der Waals surface area (Å²) in [4.78, 5) is 1.50. The molecule has 0 aliphatic heterocycles. The van der Waals surface area contributed by atoms with Gasteiger partial charge in [-0.1, -0.05) is 34.2 Å². The summed E-state index contributed by atoms with van der Waals surface area (Å²) >= 11 is 10.4. The summed E-state index contributed by atoms with van der Waals surface area (Å²) in [6.07, 6.45) is 2.02. The van der Waals surface area contributed by atoms with E-state index in [1.54, 1.807) is 11.8 Å². The minimum absolute atomic E-state index is 0.412. The fourth-order valence-electron chi connectivity index (χ4n) is 2.30. The molecule has 2 rings (SSSR count). The third kappa shape index (κ3) is 3.59. The number of rotatable bonds is 4. The number of nitrogens with two attached hydrogens (primary N) is 1. The third-order valence-electron chi connectivity index (χ3n) is 3.25. The van der Waals surface area contributed by atoms with Crippen LogP contribution >= 0.6 is 39.9 Å². The van der Waals surface area contributed by atoms with Gasteiger partial charge in [-0.3, -0.25) is 0 Å². The number of hydrogen-bond acceptors (Lipinski definition) is 3. The summed E-state index contributed by atoms with van der Waals surface area (Å²) < 4.78 is 1.08. The van der Waals surface area contributed by atoms with Crippen molar-refractivity contribution >= 4 is 56.3 Å². The third-order valence-corrected chi connectivity index (χ3v) is 4.69. The van der Waals surface area contributed by atoms with Crippen LogP contribution < -0.4 is 11.1 Å². The largest absolute Gasteiger partial charge is 0.389 e. The first-order valence-corrected chi connectivity index (χ1v) is 8.87. The molecule has 0 spiro atoms. The zero-order valence-corrected chi connectivity index (χ0v) is 15.4. The van der Waals surface area contributed by atoms with Crippen LogP contribution in [0, 0.1) is 13.8 Å². The van der Waals surface area contributed by atoms with Crippen molar-refractivity contribution < 1.29 is 0 Å². The molecule has 0 heterocycles. The second kappa shape index (κ2) is 6.81. The molecule has 0 amide bonds. The maximum absolute atomic E-state index is 5.92. The van der Waals surface area contributed by atoms with Crippen molar-refractivity contribution in [1.29, 1.82) is 0 Å². The van der Waals surface area contributed by atoms with Crippen LogP contribution in [0.4, 0.5) is 11.4 Å². The van der Waals surface area contributed by atoms with Crippen molar-refractivity contribution in [3.63, 3.8) is 0 Å². The van der Waals surface area contributed by atoms with Crippen molar-refractivity contribution in [2.75, 3.05) is 11.6 Å². The van der Waals surface area contributed by atoms with Gasteiger partial charge in [-0.25, -0.2) is 0 Å². The number of hydrogen-bond donors (Lipinski definition) is 2. The average Bonchev–Trinajstić information content (AvgIpc) is 2.42. The Hall–Kier alpha value is -1.04. The summed E-state index contributed by atoms with van der Waals surface area (Å²) in [5.74, 6) is 0. The van der Waals surface area contributed by atoms with Crippen LogP contribution in [0.2, 0.25) is 0 Å². The Morgan fingerprint density at radius 1 is 1.24 bits per heavy atom. The van der Waals surface area contributed by atoms with Gasteiger partial charge in [0, 0.05) is 26.3 Å². The normalized spacial score (nSPS) is 10.5. The molecule has 2 aromatic carbocycles. The SMILES string of the molecule is CSc1cccc(Nc2c(C)cc(Br)cc2C)c1C(N)=S. The van der Waals surface area contributed by atoms with E-state index in [1.807, 2.05) is 24.5 Å². The number of nitrogens with one attached hydrogen (secondary N) is 1. The van der Waals surface area contributed by atoms with Crippen molar-refractivity contribution in [1.82, 2.24) is 0 Å². The molecule has 0 saturated carbocycles. The Kier molecular flexibility index (Phi) is 5.30. The smallest absolute Gasteiger partial charge is 0.107 e. The lowest BCUT2D eigenvalue weighted by molar-refractivity contribution is 1.33. The molecule has 0 fully saturated rings. The lowest BCUT2D eigenvalue weighted by atomic mass is 10.1. The van der Waals surface area contributed by atoms with Crippen LogP contribution in [0.5, 0.6) is 0 Å². The quantitative estimate of drug-likeness (QED) is 0.566. The fourth-order valence-corrected chi connectivity index (χ4v) is 3.91. The van der Waals surface area contributed by atoms with Gasteiger partial charge < -0.3 is 11.1 Å². The van der Waals surface area contributed by atoms with Gasteiger partial charge >= 0.3 is 0 Å². The molecular weight excluding hydrogens is 364 g/mol. The van der Waals surface area contributed by atoms with E-state index >= 15 is 0 Å². The van der Waals surface area contributed by atoms with E-state index in [1.165, 1.54) is 11.1 Å². The van der Waals surface area contributed by atoms with E-state index in [9.17, 15) is 0 Å². The molecule has 2 aromatic rings. The first-order valence-electron chi connectivity index (χ1n) is 6.44. The van der Waals surface area contributed by atoms with Gasteiger partial charge in [0.1, 0.15) is 4.99 Å². The summed E-state index contributed by atoms with van der Waals surface area (Å²) in [7, 11) is 0. The first kappa shape index (κ1) is 16.3. The average molecular weight is 381 g/mol. The minimum Gasteiger partial charge on any atom is -0.389 e. The summed E-state index contributed by atoms with van der Waals surface area (Å²) in [6.45, 7) is 4.16. The zero-order valence-electron chi connectivity index (χ0n) is 12.2. The molecule has 0 bridgehead atoms. The molecule has 0 aromatic heterocycles. The van der Waals surface area contributed by atoms with E-state index in [4.69, 9.17) is 18.0 Å². The van der Waals surface area contributed by atoms with Gasteiger partial charge in [-0.15, -0.1) is 11.8 Å². The highest BCUT2D eigenvalue weighted by Gasteiger charge is 2.13. The Balaban J connectivity index is 2.52. The molecule has 5 heteroatoms. The van der Waals surface area contributed by atoms with Crippen LogP contribution in [0.25, 0.3) is 0 Å². The number of benzene rings is 2. The highest BCUT2D eigenvalue weighted by atomic mass is 79.9. The van der Waals surface area contributed by atoms with E-state index in [0.29, 0.717) is 4.99 Å². The van der Waals surface area contributed by atoms with Gasteiger partial charge in [0.25, 0.3) is 0 Å². The topological polar surface area (TPSA) is 38.0 Å². The van der Waals surface area contributed by atoms with Crippen molar-refractivity contribution in [2.45, 2.75) is 18.7 Å². The molecule has 0 radical (unpaired) electrons. The molecule has 0 atom stereocenters. The number of thiocarbonyl (C=S) groups is 1. The Bertz CT molecular complexity index is 676. The number of halogens is 1. The van der Waals surface area contributed by atoms with Gasteiger partial charge in [-0.2, -0.15) is 0 Å². The second-order valence-corrected chi connectivity index (χ2v) is 6.99. The van der Waals surface area contributed by atoms with Gasteiger partial charge in [0.15, 0.2) is 0 Å². The molecule has 3 N–H and O–H groups in total. The highest BCUT2D eigenvalue weighted by Crippen LogP contribution is 2.32. The van der Waals surface area contributed by atoms with E-state index in [-0.39, 0.29) is 0 Å². The van der Waals surface area contributed by atoms with Crippen LogP contribution in [0.1, 0.15) is 16.7 Å². The monoisotopic (exact) mass is 380 g/mol. The molecule has 110 valence electrons. The molecule has 0 aliphatic carbocycles.